The van der Waals surface area contributed by atoms with Gasteiger partial charge in [-0.3, -0.25) is 4.98 Å². The van der Waals surface area contributed by atoms with E-state index in [2.05, 4.69) is 20.4 Å². The van der Waals surface area contributed by atoms with Crippen LogP contribution in [0.1, 0.15) is 22.2 Å². The first kappa shape index (κ1) is 16.7. The van der Waals surface area contributed by atoms with Gasteiger partial charge < -0.3 is 15.3 Å². The molecule has 9 heteroatoms. The number of hydrogen-bond donors (Lipinski definition) is 2. The van der Waals surface area contributed by atoms with Crippen molar-refractivity contribution in [2.24, 2.45) is 0 Å². The predicted molar refractivity (Wildman–Crippen MR) is 95.5 cm³/mol. The molecule has 136 valence electrons. The van der Waals surface area contributed by atoms with Crippen LogP contribution in [0.4, 0.5) is 4.79 Å². The summed E-state index contributed by atoms with van der Waals surface area (Å²) in [5.41, 5.74) is 1.64. The Morgan fingerprint density at radius 2 is 1.89 bits per heavy atom. The van der Waals surface area contributed by atoms with E-state index in [1.54, 1.807) is 53.3 Å². The molecule has 1 aliphatic heterocycles. The maximum atomic E-state index is 11.9. The third-order valence-electron chi connectivity index (χ3n) is 4.34. The summed E-state index contributed by atoms with van der Waals surface area (Å²) in [5, 5.41) is 16.6. The normalized spacial score (nSPS) is 16.4. The van der Waals surface area contributed by atoms with E-state index in [1.807, 2.05) is 0 Å². The number of nitrogens with zero attached hydrogens (tertiary/aromatic N) is 5. The van der Waals surface area contributed by atoms with E-state index in [0.29, 0.717) is 23.9 Å². The van der Waals surface area contributed by atoms with Crippen molar-refractivity contribution in [2.75, 3.05) is 13.6 Å². The molecular weight excluding hydrogens is 348 g/mol. The Morgan fingerprint density at radius 3 is 2.48 bits per heavy atom. The molecule has 9 nitrogen and oxygen atoms in total. The summed E-state index contributed by atoms with van der Waals surface area (Å²) in [7, 11) is 1.71. The van der Waals surface area contributed by atoms with Crippen LogP contribution in [0.5, 0.6) is 0 Å². The first-order valence-corrected chi connectivity index (χ1v) is 8.25. The standard InChI is InChI=1S/C18H16N6O3/c1-23-10-14(20-18(23)27)16-21-15(11-6-8-19-9-7-11)22-24(16)13-4-2-12(3-5-13)17(25)26/h2-9,14H,10H2,1H3,(H,20,27)(H,25,26). The van der Waals surface area contributed by atoms with E-state index < -0.39 is 5.97 Å². The van der Waals surface area contributed by atoms with Crippen molar-refractivity contribution in [3.63, 3.8) is 0 Å². The number of carboxylic acids is 1. The minimum absolute atomic E-state index is 0.179. The van der Waals surface area contributed by atoms with Gasteiger partial charge in [0.15, 0.2) is 11.6 Å². The van der Waals surface area contributed by atoms with Gasteiger partial charge in [0.25, 0.3) is 0 Å². The fourth-order valence-electron chi connectivity index (χ4n) is 2.92. The number of aromatic carboxylic acids is 1. The minimum atomic E-state index is -0.998. The number of carbonyl (C=O) groups is 2. The van der Waals surface area contributed by atoms with Crippen LogP contribution < -0.4 is 5.32 Å². The van der Waals surface area contributed by atoms with E-state index >= 15 is 0 Å². The lowest BCUT2D eigenvalue weighted by molar-refractivity contribution is 0.0697. The van der Waals surface area contributed by atoms with Gasteiger partial charge in [0.1, 0.15) is 6.04 Å². The van der Waals surface area contributed by atoms with Gasteiger partial charge in [0.05, 0.1) is 11.3 Å². The van der Waals surface area contributed by atoms with Crippen LogP contribution >= 0.6 is 0 Å². The van der Waals surface area contributed by atoms with Crippen LogP contribution in [0.15, 0.2) is 48.8 Å². The number of pyridine rings is 1. The highest BCUT2D eigenvalue weighted by Crippen LogP contribution is 2.24. The molecule has 2 aromatic heterocycles. The molecule has 0 aliphatic carbocycles. The molecule has 1 aliphatic rings. The van der Waals surface area contributed by atoms with Crippen LogP contribution in [0.3, 0.4) is 0 Å². The smallest absolute Gasteiger partial charge is 0.335 e. The van der Waals surface area contributed by atoms with Crippen molar-refractivity contribution >= 4 is 12.0 Å². The molecule has 1 unspecified atom stereocenters. The third-order valence-corrected chi connectivity index (χ3v) is 4.34. The zero-order chi connectivity index (χ0) is 19.0. The molecule has 1 aromatic carbocycles. The molecule has 0 saturated carbocycles. The van der Waals surface area contributed by atoms with Crippen LogP contribution in [-0.2, 0) is 0 Å². The first-order valence-electron chi connectivity index (χ1n) is 8.25. The molecule has 3 heterocycles. The average molecular weight is 364 g/mol. The van der Waals surface area contributed by atoms with Crippen LogP contribution in [-0.4, -0.2) is 55.3 Å². The fraction of sp³-hybridized carbons (Fsp3) is 0.167. The lowest BCUT2D eigenvalue weighted by atomic mass is 10.2. The lowest BCUT2D eigenvalue weighted by Crippen LogP contribution is -2.24. The number of hydrogen-bond acceptors (Lipinski definition) is 5. The summed E-state index contributed by atoms with van der Waals surface area (Å²) in [6.07, 6.45) is 3.31. The van der Waals surface area contributed by atoms with Crippen molar-refractivity contribution in [3.8, 4) is 17.1 Å². The highest BCUT2D eigenvalue weighted by atomic mass is 16.4. The van der Waals surface area contributed by atoms with E-state index in [0.717, 1.165) is 5.56 Å². The Labute approximate surface area is 154 Å². The summed E-state index contributed by atoms with van der Waals surface area (Å²) in [4.78, 5) is 33.2. The summed E-state index contributed by atoms with van der Waals surface area (Å²) in [5.74, 6) is 0.0728. The monoisotopic (exact) mass is 364 g/mol. The number of likely N-dealkylation sites (N-methyl/N-ethyl adjacent to an activating group) is 1. The Morgan fingerprint density at radius 1 is 1.19 bits per heavy atom. The number of carbonyl (C=O) groups excluding carboxylic acids is 1. The Bertz CT molecular complexity index is 1000. The Balaban J connectivity index is 1.80. The quantitative estimate of drug-likeness (QED) is 0.729. The number of urea groups is 1. The summed E-state index contributed by atoms with van der Waals surface area (Å²) in [6.45, 7) is 0.459. The Kier molecular flexibility index (Phi) is 4.03. The summed E-state index contributed by atoms with van der Waals surface area (Å²) >= 11 is 0. The van der Waals surface area contributed by atoms with E-state index in [9.17, 15) is 9.59 Å². The number of carboxylic acid groups (broad SMARTS) is 1. The second-order valence-corrected chi connectivity index (χ2v) is 6.18. The van der Waals surface area contributed by atoms with Crippen LogP contribution in [0.25, 0.3) is 17.1 Å². The molecule has 0 radical (unpaired) electrons. The molecule has 0 spiro atoms. The second kappa shape index (κ2) is 6.52. The van der Waals surface area contributed by atoms with Gasteiger partial charge in [0, 0.05) is 31.5 Å². The van der Waals surface area contributed by atoms with Gasteiger partial charge in [-0.05, 0) is 36.4 Å². The molecule has 3 aromatic rings. The second-order valence-electron chi connectivity index (χ2n) is 6.18. The lowest BCUT2D eigenvalue weighted by Gasteiger charge is -2.11. The summed E-state index contributed by atoms with van der Waals surface area (Å²) in [6, 6.07) is 9.44. The maximum absolute atomic E-state index is 11.9. The van der Waals surface area contributed by atoms with Gasteiger partial charge in [-0.2, -0.15) is 0 Å². The molecule has 1 atom stereocenters. The highest BCUT2D eigenvalue weighted by molar-refractivity contribution is 5.87. The van der Waals surface area contributed by atoms with E-state index in [-0.39, 0.29) is 17.6 Å². The minimum Gasteiger partial charge on any atom is -0.478 e. The molecule has 2 amide bonds. The largest absolute Gasteiger partial charge is 0.478 e. The van der Waals surface area contributed by atoms with Crippen molar-refractivity contribution < 1.29 is 14.7 Å². The van der Waals surface area contributed by atoms with Gasteiger partial charge in [-0.1, -0.05) is 0 Å². The molecule has 0 bridgehead atoms. The average Bonchev–Trinajstić information content (AvgIpc) is 3.26. The van der Waals surface area contributed by atoms with Crippen molar-refractivity contribution in [2.45, 2.75) is 6.04 Å². The fourth-order valence-corrected chi connectivity index (χ4v) is 2.92. The molecule has 27 heavy (non-hydrogen) atoms. The van der Waals surface area contributed by atoms with Crippen molar-refractivity contribution in [1.82, 2.24) is 30.0 Å². The zero-order valence-electron chi connectivity index (χ0n) is 14.4. The van der Waals surface area contributed by atoms with E-state index in [4.69, 9.17) is 5.11 Å². The topological polar surface area (TPSA) is 113 Å². The number of aromatic nitrogens is 4. The molecule has 1 fully saturated rings. The van der Waals surface area contributed by atoms with Crippen molar-refractivity contribution in [3.05, 3.63) is 60.2 Å². The van der Waals surface area contributed by atoms with Crippen LogP contribution in [0, 0.1) is 0 Å². The molecule has 1 saturated heterocycles. The van der Waals surface area contributed by atoms with Gasteiger partial charge in [0.2, 0.25) is 0 Å². The summed E-state index contributed by atoms with van der Waals surface area (Å²) < 4.78 is 1.63. The molecule has 4 rings (SSSR count). The highest BCUT2D eigenvalue weighted by Gasteiger charge is 2.31. The molecular formula is C18H16N6O3. The maximum Gasteiger partial charge on any atom is 0.335 e. The van der Waals surface area contributed by atoms with Gasteiger partial charge in [-0.25, -0.2) is 19.3 Å². The third kappa shape index (κ3) is 3.10. The number of amides is 2. The van der Waals surface area contributed by atoms with Gasteiger partial charge >= 0.3 is 12.0 Å². The first-order chi connectivity index (χ1) is 13.0. The zero-order valence-corrected chi connectivity index (χ0v) is 14.4. The molecule has 2 N–H and O–H groups in total. The number of nitrogens with one attached hydrogen (secondary N) is 1. The number of benzene rings is 1. The Hall–Kier alpha value is -3.75. The SMILES string of the molecule is CN1CC(c2nc(-c3ccncc3)nn2-c2ccc(C(=O)O)cc2)NC1=O. The van der Waals surface area contributed by atoms with E-state index in [1.165, 1.54) is 12.1 Å². The predicted octanol–water partition coefficient (Wildman–Crippen LogP) is 1.72. The van der Waals surface area contributed by atoms with Crippen molar-refractivity contribution in [1.29, 1.82) is 0 Å². The number of rotatable bonds is 4. The van der Waals surface area contributed by atoms with Gasteiger partial charge in [-0.15, -0.1) is 5.10 Å². The van der Waals surface area contributed by atoms with Crippen LogP contribution in [0.2, 0.25) is 0 Å².